The van der Waals surface area contributed by atoms with E-state index in [-0.39, 0.29) is 17.9 Å². The number of carbonyl (C=O) groups excluding carboxylic acids is 2. The van der Waals surface area contributed by atoms with Gasteiger partial charge in [0.15, 0.2) is 0 Å². The van der Waals surface area contributed by atoms with Crippen LogP contribution in [0, 0.1) is 0 Å². The molecule has 0 aromatic heterocycles. The highest BCUT2D eigenvalue weighted by Crippen LogP contribution is 2.38. The van der Waals surface area contributed by atoms with Crippen molar-refractivity contribution in [1.29, 1.82) is 0 Å². The van der Waals surface area contributed by atoms with Gasteiger partial charge in [-0.2, -0.15) is 0 Å². The number of ether oxygens (including phenoxy) is 2. The fourth-order valence-electron chi connectivity index (χ4n) is 3.33. The van der Waals surface area contributed by atoms with Crippen LogP contribution >= 0.6 is 0 Å². The van der Waals surface area contributed by atoms with E-state index in [4.69, 9.17) is 9.47 Å². The number of hydrogen-bond acceptors (Lipinski definition) is 4. The van der Waals surface area contributed by atoms with Gasteiger partial charge in [-0.15, -0.1) is 0 Å². The SMILES string of the molecule is CCC1NC(=O)C2(CCCC2)N(CCOCCOC)C1=O. The van der Waals surface area contributed by atoms with Gasteiger partial charge in [-0.05, 0) is 19.3 Å². The molecule has 21 heavy (non-hydrogen) atoms. The molecule has 1 saturated carbocycles. The van der Waals surface area contributed by atoms with Crippen LogP contribution in [0.5, 0.6) is 0 Å². The number of rotatable bonds is 7. The van der Waals surface area contributed by atoms with E-state index in [1.807, 2.05) is 6.92 Å². The molecule has 1 atom stereocenters. The van der Waals surface area contributed by atoms with E-state index in [0.717, 1.165) is 25.7 Å². The third-order valence-electron chi connectivity index (χ3n) is 4.54. The fraction of sp³-hybridized carbons (Fsp3) is 0.867. The maximum Gasteiger partial charge on any atom is 0.246 e. The molecule has 0 radical (unpaired) electrons. The second kappa shape index (κ2) is 7.22. The van der Waals surface area contributed by atoms with Gasteiger partial charge in [-0.1, -0.05) is 19.8 Å². The summed E-state index contributed by atoms with van der Waals surface area (Å²) >= 11 is 0. The number of piperazine rings is 1. The quantitative estimate of drug-likeness (QED) is 0.703. The number of nitrogens with zero attached hydrogens (tertiary/aromatic N) is 1. The summed E-state index contributed by atoms with van der Waals surface area (Å²) in [7, 11) is 1.63. The Balaban J connectivity index is 2.03. The second-order valence-electron chi connectivity index (χ2n) is 5.77. The first kappa shape index (κ1) is 16.2. The summed E-state index contributed by atoms with van der Waals surface area (Å²) in [4.78, 5) is 26.9. The van der Waals surface area contributed by atoms with Crippen molar-refractivity contribution < 1.29 is 19.1 Å². The second-order valence-corrected chi connectivity index (χ2v) is 5.77. The van der Waals surface area contributed by atoms with Crippen molar-refractivity contribution in [2.24, 2.45) is 0 Å². The molecule has 1 saturated heterocycles. The number of hydrogen-bond donors (Lipinski definition) is 1. The van der Waals surface area contributed by atoms with Gasteiger partial charge in [0.25, 0.3) is 0 Å². The highest BCUT2D eigenvalue weighted by molar-refractivity contribution is 6.00. The average molecular weight is 298 g/mol. The van der Waals surface area contributed by atoms with Crippen LogP contribution in [0.2, 0.25) is 0 Å². The lowest BCUT2D eigenvalue weighted by atomic mass is 9.89. The Kier molecular flexibility index (Phi) is 5.58. The molecule has 0 aromatic rings. The summed E-state index contributed by atoms with van der Waals surface area (Å²) in [5.41, 5.74) is -0.632. The van der Waals surface area contributed by atoms with Gasteiger partial charge >= 0.3 is 0 Å². The highest BCUT2D eigenvalue weighted by Gasteiger charge is 2.53. The number of methoxy groups -OCH3 is 1. The molecule has 1 N–H and O–H groups in total. The summed E-state index contributed by atoms with van der Waals surface area (Å²) in [5, 5.41) is 2.90. The third-order valence-corrected chi connectivity index (χ3v) is 4.54. The minimum Gasteiger partial charge on any atom is -0.382 e. The molecule has 2 rings (SSSR count). The summed E-state index contributed by atoms with van der Waals surface area (Å²) in [5.74, 6) is 0.0534. The van der Waals surface area contributed by atoms with Crippen molar-refractivity contribution >= 4 is 11.8 Å². The lowest BCUT2D eigenvalue weighted by Gasteiger charge is -2.46. The minimum absolute atomic E-state index is 0.0170. The molecule has 6 nitrogen and oxygen atoms in total. The molecule has 120 valence electrons. The molecule has 6 heteroatoms. The monoisotopic (exact) mass is 298 g/mol. The molecular formula is C15H26N2O4. The molecule has 2 amide bonds. The van der Waals surface area contributed by atoms with Crippen LogP contribution in [-0.4, -0.2) is 61.8 Å². The predicted molar refractivity (Wildman–Crippen MR) is 77.8 cm³/mol. The Hall–Kier alpha value is -1.14. The first-order valence-electron chi connectivity index (χ1n) is 7.85. The minimum atomic E-state index is -0.632. The Bertz CT molecular complexity index is 380. The van der Waals surface area contributed by atoms with Gasteiger partial charge in [0.2, 0.25) is 11.8 Å². The maximum atomic E-state index is 12.6. The van der Waals surface area contributed by atoms with E-state index in [2.05, 4.69) is 5.32 Å². The number of nitrogens with one attached hydrogen (secondary N) is 1. The lowest BCUT2D eigenvalue weighted by molar-refractivity contribution is -0.158. The fourth-order valence-corrected chi connectivity index (χ4v) is 3.33. The Morgan fingerprint density at radius 1 is 1.24 bits per heavy atom. The first-order chi connectivity index (χ1) is 10.2. The van der Waals surface area contributed by atoms with Crippen LogP contribution < -0.4 is 5.32 Å². The van der Waals surface area contributed by atoms with Crippen molar-refractivity contribution in [3.05, 3.63) is 0 Å². The molecule has 1 unspecified atom stereocenters. The molecule has 1 aliphatic heterocycles. The van der Waals surface area contributed by atoms with E-state index in [9.17, 15) is 9.59 Å². The predicted octanol–water partition coefficient (Wildman–Crippen LogP) is 0.699. The van der Waals surface area contributed by atoms with E-state index in [0.29, 0.717) is 32.8 Å². The van der Waals surface area contributed by atoms with Crippen molar-refractivity contribution in [1.82, 2.24) is 10.2 Å². The van der Waals surface area contributed by atoms with Crippen molar-refractivity contribution in [2.45, 2.75) is 50.6 Å². The zero-order chi connectivity index (χ0) is 15.3. The molecule has 1 heterocycles. The molecule has 0 bridgehead atoms. The molecule has 2 aliphatic rings. The summed E-state index contributed by atoms with van der Waals surface area (Å²) in [6, 6.07) is -0.386. The molecule has 0 aromatic carbocycles. The highest BCUT2D eigenvalue weighted by atomic mass is 16.5. The van der Waals surface area contributed by atoms with Gasteiger partial charge < -0.3 is 19.7 Å². The van der Waals surface area contributed by atoms with Gasteiger partial charge in [0, 0.05) is 13.7 Å². The topological polar surface area (TPSA) is 67.9 Å². The largest absolute Gasteiger partial charge is 0.382 e. The van der Waals surface area contributed by atoms with Crippen LogP contribution in [-0.2, 0) is 19.1 Å². The maximum absolute atomic E-state index is 12.6. The van der Waals surface area contributed by atoms with Crippen LogP contribution in [0.1, 0.15) is 39.0 Å². The van der Waals surface area contributed by atoms with Gasteiger partial charge in [-0.25, -0.2) is 0 Å². The van der Waals surface area contributed by atoms with Gasteiger partial charge in [0.05, 0.1) is 19.8 Å². The molecule has 1 aliphatic carbocycles. The Morgan fingerprint density at radius 2 is 1.95 bits per heavy atom. The first-order valence-corrected chi connectivity index (χ1v) is 7.85. The molecule has 1 spiro atoms. The summed E-state index contributed by atoms with van der Waals surface area (Å²) in [6.07, 6.45) is 4.15. The van der Waals surface area contributed by atoms with Crippen LogP contribution in [0.15, 0.2) is 0 Å². The van der Waals surface area contributed by atoms with Gasteiger partial charge in [0.1, 0.15) is 11.6 Å². The van der Waals surface area contributed by atoms with Crippen molar-refractivity contribution in [3.63, 3.8) is 0 Å². The van der Waals surface area contributed by atoms with E-state index < -0.39 is 5.54 Å². The number of amides is 2. The summed E-state index contributed by atoms with van der Waals surface area (Å²) < 4.78 is 10.4. The van der Waals surface area contributed by atoms with Crippen LogP contribution in [0.3, 0.4) is 0 Å². The van der Waals surface area contributed by atoms with E-state index >= 15 is 0 Å². The van der Waals surface area contributed by atoms with Crippen LogP contribution in [0.25, 0.3) is 0 Å². The number of carbonyl (C=O) groups is 2. The van der Waals surface area contributed by atoms with E-state index in [1.165, 1.54) is 0 Å². The summed E-state index contributed by atoms with van der Waals surface area (Å²) in [6.45, 7) is 3.89. The van der Waals surface area contributed by atoms with E-state index in [1.54, 1.807) is 12.0 Å². The molecular weight excluding hydrogens is 272 g/mol. The van der Waals surface area contributed by atoms with Crippen molar-refractivity contribution in [2.75, 3.05) is 33.5 Å². The molecule has 2 fully saturated rings. The normalized spacial score (nSPS) is 24.7. The zero-order valence-electron chi connectivity index (χ0n) is 13.0. The van der Waals surface area contributed by atoms with Gasteiger partial charge in [-0.3, -0.25) is 9.59 Å². The standard InChI is InChI=1S/C15H26N2O4/c1-3-12-13(18)17(8-9-21-11-10-20-2)15(14(19)16-12)6-4-5-7-15/h12H,3-11H2,1-2H3,(H,16,19). The zero-order valence-corrected chi connectivity index (χ0v) is 13.0. The average Bonchev–Trinajstić information content (AvgIpc) is 2.96. The third kappa shape index (κ3) is 3.21. The smallest absolute Gasteiger partial charge is 0.246 e. The Morgan fingerprint density at radius 3 is 2.57 bits per heavy atom. The van der Waals surface area contributed by atoms with Crippen LogP contribution in [0.4, 0.5) is 0 Å². The lowest BCUT2D eigenvalue weighted by Crippen LogP contribution is -2.70. The van der Waals surface area contributed by atoms with Crippen molar-refractivity contribution in [3.8, 4) is 0 Å². The Labute approximate surface area is 126 Å².